The zero-order valence-electron chi connectivity index (χ0n) is 13.1. The van der Waals surface area contributed by atoms with E-state index in [1.54, 1.807) is 0 Å². The highest BCUT2D eigenvalue weighted by atomic mass is 16.5. The van der Waals surface area contributed by atoms with E-state index in [1.807, 2.05) is 24.3 Å². The normalized spacial score (nSPS) is 16.0. The average molecular weight is 290 g/mol. The van der Waals surface area contributed by atoms with E-state index in [9.17, 15) is 4.79 Å². The SMILES string of the molecule is CC(C)COc1ccccc1NC(=O)CN1CCCCC1. The maximum atomic E-state index is 12.2. The standard InChI is InChI=1S/C17H26N2O2/c1-14(2)13-21-16-9-5-4-8-15(16)18-17(20)12-19-10-6-3-7-11-19/h4-5,8-9,14H,3,6-7,10-13H2,1-2H3,(H,18,20). The summed E-state index contributed by atoms with van der Waals surface area (Å²) in [5.41, 5.74) is 0.764. The highest BCUT2D eigenvalue weighted by Crippen LogP contribution is 2.24. The number of carbonyl (C=O) groups excluding carboxylic acids is 1. The molecule has 0 unspecified atom stereocenters. The van der Waals surface area contributed by atoms with Gasteiger partial charge < -0.3 is 10.1 Å². The largest absolute Gasteiger partial charge is 0.491 e. The van der Waals surface area contributed by atoms with E-state index in [4.69, 9.17) is 4.74 Å². The summed E-state index contributed by atoms with van der Waals surface area (Å²) in [5.74, 6) is 1.25. The van der Waals surface area contributed by atoms with Crippen molar-refractivity contribution in [2.45, 2.75) is 33.1 Å². The van der Waals surface area contributed by atoms with E-state index >= 15 is 0 Å². The number of benzene rings is 1. The van der Waals surface area contributed by atoms with E-state index in [-0.39, 0.29) is 5.91 Å². The van der Waals surface area contributed by atoms with Gasteiger partial charge in [-0.15, -0.1) is 0 Å². The molecule has 1 aromatic carbocycles. The molecule has 1 saturated heterocycles. The van der Waals surface area contributed by atoms with Crippen LogP contribution in [0.3, 0.4) is 0 Å². The van der Waals surface area contributed by atoms with Gasteiger partial charge in [-0.05, 0) is 44.0 Å². The summed E-state index contributed by atoms with van der Waals surface area (Å²) in [5, 5.41) is 2.98. The number of nitrogens with zero attached hydrogens (tertiary/aromatic N) is 1. The molecule has 0 aromatic heterocycles. The van der Waals surface area contributed by atoms with Crippen LogP contribution in [0.25, 0.3) is 0 Å². The number of nitrogens with one attached hydrogen (secondary N) is 1. The summed E-state index contributed by atoms with van der Waals surface area (Å²) in [7, 11) is 0. The molecule has 1 aromatic rings. The summed E-state index contributed by atoms with van der Waals surface area (Å²) in [6.45, 7) is 7.39. The number of ether oxygens (including phenoxy) is 1. The third kappa shape index (κ3) is 5.38. The van der Waals surface area contributed by atoms with E-state index < -0.39 is 0 Å². The molecule has 4 nitrogen and oxygen atoms in total. The quantitative estimate of drug-likeness (QED) is 0.875. The van der Waals surface area contributed by atoms with E-state index in [1.165, 1.54) is 19.3 Å². The Hall–Kier alpha value is -1.55. The van der Waals surface area contributed by atoms with Crippen molar-refractivity contribution in [1.29, 1.82) is 0 Å². The molecule has 1 fully saturated rings. The second kappa shape index (κ2) is 8.03. The fourth-order valence-corrected chi connectivity index (χ4v) is 2.46. The van der Waals surface area contributed by atoms with Crippen molar-refractivity contribution < 1.29 is 9.53 Å². The van der Waals surface area contributed by atoms with E-state index in [2.05, 4.69) is 24.1 Å². The first-order valence-corrected chi connectivity index (χ1v) is 7.89. The predicted octanol–water partition coefficient (Wildman–Crippen LogP) is 3.15. The Morgan fingerprint density at radius 1 is 1.24 bits per heavy atom. The lowest BCUT2D eigenvalue weighted by Gasteiger charge is -2.25. The molecule has 0 aliphatic carbocycles. The second-order valence-corrected chi connectivity index (χ2v) is 6.09. The Bertz CT molecular complexity index is 454. The number of hydrogen-bond donors (Lipinski definition) is 1. The van der Waals surface area contributed by atoms with Crippen LogP contribution in [-0.4, -0.2) is 37.0 Å². The number of amides is 1. The van der Waals surface area contributed by atoms with Crippen molar-refractivity contribution in [3.63, 3.8) is 0 Å². The number of anilines is 1. The molecular weight excluding hydrogens is 264 g/mol. The van der Waals surface area contributed by atoms with Crippen LogP contribution in [-0.2, 0) is 4.79 Å². The van der Waals surface area contributed by atoms with Gasteiger partial charge in [0.15, 0.2) is 0 Å². The molecule has 1 amide bonds. The van der Waals surface area contributed by atoms with Crippen LogP contribution >= 0.6 is 0 Å². The molecule has 116 valence electrons. The molecular formula is C17H26N2O2. The van der Waals surface area contributed by atoms with Crippen LogP contribution < -0.4 is 10.1 Å². The van der Waals surface area contributed by atoms with Crippen LogP contribution in [0.5, 0.6) is 5.75 Å². The molecule has 0 radical (unpaired) electrons. The number of carbonyl (C=O) groups is 1. The van der Waals surface area contributed by atoms with Gasteiger partial charge in [0.1, 0.15) is 5.75 Å². The van der Waals surface area contributed by atoms with Crippen molar-refractivity contribution >= 4 is 11.6 Å². The fourth-order valence-electron chi connectivity index (χ4n) is 2.46. The molecule has 21 heavy (non-hydrogen) atoms. The molecule has 1 N–H and O–H groups in total. The monoisotopic (exact) mass is 290 g/mol. The Kier molecular flexibility index (Phi) is 6.05. The molecule has 0 atom stereocenters. The Labute approximate surface area is 127 Å². The number of hydrogen-bond acceptors (Lipinski definition) is 3. The molecule has 1 heterocycles. The molecule has 1 aliphatic heterocycles. The van der Waals surface area contributed by atoms with Crippen LogP contribution in [0.15, 0.2) is 24.3 Å². The summed E-state index contributed by atoms with van der Waals surface area (Å²) in [6, 6.07) is 7.64. The van der Waals surface area contributed by atoms with Gasteiger partial charge in [0, 0.05) is 0 Å². The van der Waals surface area contributed by atoms with Gasteiger partial charge in [0.2, 0.25) is 5.91 Å². The van der Waals surface area contributed by atoms with Gasteiger partial charge >= 0.3 is 0 Å². The predicted molar refractivity (Wildman–Crippen MR) is 85.7 cm³/mol. The minimum Gasteiger partial charge on any atom is -0.491 e. The number of rotatable bonds is 6. The molecule has 2 rings (SSSR count). The smallest absolute Gasteiger partial charge is 0.238 e. The van der Waals surface area contributed by atoms with Crippen LogP contribution in [0.4, 0.5) is 5.69 Å². The van der Waals surface area contributed by atoms with Crippen molar-refractivity contribution in [2.75, 3.05) is 31.6 Å². The first kappa shape index (κ1) is 15.8. The highest BCUT2D eigenvalue weighted by molar-refractivity contribution is 5.93. The van der Waals surface area contributed by atoms with Crippen LogP contribution in [0.2, 0.25) is 0 Å². The summed E-state index contributed by atoms with van der Waals surface area (Å²) in [6.07, 6.45) is 3.67. The van der Waals surface area contributed by atoms with Gasteiger partial charge in [-0.2, -0.15) is 0 Å². The zero-order valence-corrected chi connectivity index (χ0v) is 13.1. The maximum Gasteiger partial charge on any atom is 0.238 e. The number of piperidine rings is 1. The fraction of sp³-hybridized carbons (Fsp3) is 0.588. The van der Waals surface area contributed by atoms with Crippen molar-refractivity contribution in [1.82, 2.24) is 4.90 Å². The highest BCUT2D eigenvalue weighted by Gasteiger charge is 2.15. The minimum absolute atomic E-state index is 0.0393. The summed E-state index contributed by atoms with van der Waals surface area (Å²) >= 11 is 0. The van der Waals surface area contributed by atoms with Crippen molar-refractivity contribution in [3.05, 3.63) is 24.3 Å². The molecule has 0 spiro atoms. The van der Waals surface area contributed by atoms with E-state index in [0.717, 1.165) is 24.5 Å². The molecule has 1 aliphatic rings. The van der Waals surface area contributed by atoms with Gasteiger partial charge in [-0.1, -0.05) is 32.4 Å². The lowest BCUT2D eigenvalue weighted by molar-refractivity contribution is -0.117. The first-order valence-electron chi connectivity index (χ1n) is 7.89. The maximum absolute atomic E-state index is 12.2. The average Bonchev–Trinajstić information content (AvgIpc) is 2.47. The second-order valence-electron chi connectivity index (χ2n) is 6.09. The summed E-state index contributed by atoms with van der Waals surface area (Å²) < 4.78 is 5.76. The van der Waals surface area contributed by atoms with Crippen molar-refractivity contribution in [3.8, 4) is 5.75 Å². The molecule has 0 saturated carbocycles. The number of likely N-dealkylation sites (tertiary alicyclic amines) is 1. The first-order chi connectivity index (χ1) is 10.1. The lowest BCUT2D eigenvalue weighted by atomic mass is 10.1. The topological polar surface area (TPSA) is 41.6 Å². The number of para-hydroxylation sites is 2. The van der Waals surface area contributed by atoms with Crippen LogP contribution in [0, 0.1) is 5.92 Å². The summed E-state index contributed by atoms with van der Waals surface area (Å²) in [4.78, 5) is 14.4. The third-order valence-electron chi connectivity index (χ3n) is 3.55. The zero-order chi connectivity index (χ0) is 15.1. The van der Waals surface area contributed by atoms with E-state index in [0.29, 0.717) is 19.1 Å². The van der Waals surface area contributed by atoms with Crippen LogP contribution in [0.1, 0.15) is 33.1 Å². The molecule has 0 bridgehead atoms. The Balaban J connectivity index is 1.90. The van der Waals surface area contributed by atoms with Gasteiger partial charge in [-0.3, -0.25) is 9.69 Å². The van der Waals surface area contributed by atoms with Gasteiger partial charge in [0.05, 0.1) is 18.8 Å². The third-order valence-corrected chi connectivity index (χ3v) is 3.55. The molecule has 4 heteroatoms. The van der Waals surface area contributed by atoms with Gasteiger partial charge in [0.25, 0.3) is 0 Å². The van der Waals surface area contributed by atoms with Gasteiger partial charge in [-0.25, -0.2) is 0 Å². The minimum atomic E-state index is 0.0393. The van der Waals surface area contributed by atoms with Crippen molar-refractivity contribution in [2.24, 2.45) is 5.92 Å². The Morgan fingerprint density at radius 3 is 2.67 bits per heavy atom. The lowest BCUT2D eigenvalue weighted by Crippen LogP contribution is -2.36. The Morgan fingerprint density at radius 2 is 1.95 bits per heavy atom.